The number of aromatic nitrogens is 2. The van der Waals surface area contributed by atoms with Crippen LogP contribution in [0.2, 0.25) is 0 Å². The molecular weight excluding hydrogens is 346 g/mol. The highest BCUT2D eigenvalue weighted by Gasteiger charge is 2.10. The molecule has 0 aliphatic rings. The van der Waals surface area contributed by atoms with Gasteiger partial charge in [0.05, 0.1) is 11.4 Å². The zero-order valence-electron chi connectivity index (χ0n) is 16.3. The van der Waals surface area contributed by atoms with Crippen molar-refractivity contribution in [2.75, 3.05) is 11.9 Å². The summed E-state index contributed by atoms with van der Waals surface area (Å²) in [5.74, 6) is 0. The molecule has 0 spiro atoms. The molecule has 0 amide bonds. The minimum Gasteiger partial charge on any atom is -0.400 e. The highest BCUT2D eigenvalue weighted by atomic mass is 15.1. The molecule has 0 fully saturated rings. The molecule has 0 aliphatic heterocycles. The van der Waals surface area contributed by atoms with E-state index in [-0.39, 0.29) is 0 Å². The molecule has 3 rings (SSSR count). The van der Waals surface area contributed by atoms with Gasteiger partial charge in [-0.3, -0.25) is 14.9 Å². The van der Waals surface area contributed by atoms with E-state index >= 15 is 0 Å². The van der Waals surface area contributed by atoms with Gasteiger partial charge in [0.25, 0.3) is 0 Å². The number of pyridine rings is 2. The fraction of sp³-hybridized carbons (Fsp3) is 0.217. The molecule has 0 radical (unpaired) electrons. The molecule has 0 saturated carbocycles. The molecule has 2 heterocycles. The highest BCUT2D eigenvalue weighted by Crippen LogP contribution is 2.11. The number of aryl methyl sites for hydroxylation is 1. The van der Waals surface area contributed by atoms with Gasteiger partial charge >= 0.3 is 0 Å². The second-order valence-electron chi connectivity index (χ2n) is 6.70. The summed E-state index contributed by atoms with van der Waals surface area (Å²) in [5.41, 5.74) is 11.4. The van der Waals surface area contributed by atoms with E-state index in [9.17, 15) is 0 Å². The Bertz CT molecular complexity index is 819. The molecule has 144 valence electrons. The van der Waals surface area contributed by atoms with Crippen LogP contribution in [-0.4, -0.2) is 21.4 Å². The monoisotopic (exact) mass is 373 g/mol. The SMILES string of the molecule is CCc1ccc(N/C=C(\N)CN(Cc2ccccn2)Cc2ccccn2)cc1. The van der Waals surface area contributed by atoms with Gasteiger partial charge in [0, 0.05) is 49.6 Å². The molecule has 1 aromatic carbocycles. The van der Waals surface area contributed by atoms with Crippen LogP contribution in [0.4, 0.5) is 5.69 Å². The number of benzene rings is 1. The molecule has 0 saturated heterocycles. The number of nitrogens with two attached hydrogens (primary N) is 1. The summed E-state index contributed by atoms with van der Waals surface area (Å²) in [6.45, 7) is 4.18. The Morgan fingerprint density at radius 1 is 0.929 bits per heavy atom. The first kappa shape index (κ1) is 19.6. The molecule has 0 aliphatic carbocycles. The Morgan fingerprint density at radius 3 is 2.04 bits per heavy atom. The van der Waals surface area contributed by atoms with E-state index in [1.165, 1.54) is 5.56 Å². The standard InChI is InChI=1S/C23H27N5/c1-2-19-9-11-21(12-10-19)27-15-20(24)16-28(17-22-7-3-5-13-25-22)18-23-8-4-6-14-26-23/h3-15,27H,2,16-18,24H2,1H3/b20-15-. The summed E-state index contributed by atoms with van der Waals surface area (Å²) >= 11 is 0. The lowest BCUT2D eigenvalue weighted by atomic mass is 10.1. The molecule has 0 unspecified atom stereocenters. The lowest BCUT2D eigenvalue weighted by molar-refractivity contribution is 0.272. The fourth-order valence-electron chi connectivity index (χ4n) is 2.93. The second kappa shape index (κ2) is 10.2. The average molecular weight is 374 g/mol. The third-order valence-electron chi connectivity index (χ3n) is 4.42. The van der Waals surface area contributed by atoms with Gasteiger partial charge in [0.15, 0.2) is 0 Å². The van der Waals surface area contributed by atoms with E-state index < -0.39 is 0 Å². The van der Waals surface area contributed by atoms with Crippen molar-refractivity contribution in [1.82, 2.24) is 14.9 Å². The molecule has 28 heavy (non-hydrogen) atoms. The molecule has 0 bridgehead atoms. The van der Waals surface area contributed by atoms with E-state index in [0.717, 1.165) is 29.2 Å². The van der Waals surface area contributed by atoms with Crippen LogP contribution in [-0.2, 0) is 19.5 Å². The van der Waals surface area contributed by atoms with Crippen molar-refractivity contribution >= 4 is 5.69 Å². The van der Waals surface area contributed by atoms with Crippen LogP contribution in [0.1, 0.15) is 23.9 Å². The molecule has 2 aromatic heterocycles. The molecule has 5 heteroatoms. The van der Waals surface area contributed by atoms with Crippen molar-refractivity contribution in [2.45, 2.75) is 26.4 Å². The zero-order chi connectivity index (χ0) is 19.6. The maximum Gasteiger partial charge on any atom is 0.0544 e. The van der Waals surface area contributed by atoms with Gasteiger partial charge in [-0.2, -0.15) is 0 Å². The second-order valence-corrected chi connectivity index (χ2v) is 6.70. The van der Waals surface area contributed by atoms with E-state index in [0.29, 0.717) is 19.6 Å². The van der Waals surface area contributed by atoms with Crippen LogP contribution < -0.4 is 11.1 Å². The lowest BCUT2D eigenvalue weighted by Gasteiger charge is -2.22. The van der Waals surface area contributed by atoms with Gasteiger partial charge < -0.3 is 11.1 Å². The van der Waals surface area contributed by atoms with Gasteiger partial charge in [-0.15, -0.1) is 0 Å². The fourth-order valence-corrected chi connectivity index (χ4v) is 2.93. The largest absolute Gasteiger partial charge is 0.400 e. The maximum absolute atomic E-state index is 6.30. The first-order chi connectivity index (χ1) is 13.7. The Labute approximate surface area is 166 Å². The lowest BCUT2D eigenvalue weighted by Crippen LogP contribution is -2.28. The first-order valence-corrected chi connectivity index (χ1v) is 9.55. The smallest absolute Gasteiger partial charge is 0.0544 e. The van der Waals surface area contributed by atoms with Crippen molar-refractivity contribution in [3.05, 3.63) is 102 Å². The number of nitrogens with one attached hydrogen (secondary N) is 1. The summed E-state index contributed by atoms with van der Waals surface area (Å²) in [5, 5.41) is 3.28. The number of hydrogen-bond acceptors (Lipinski definition) is 5. The predicted molar refractivity (Wildman–Crippen MR) is 114 cm³/mol. The number of nitrogens with zero attached hydrogens (tertiary/aromatic N) is 3. The molecule has 3 N–H and O–H groups in total. The molecule has 3 aromatic rings. The van der Waals surface area contributed by atoms with Gasteiger partial charge in [0.2, 0.25) is 0 Å². The Balaban J connectivity index is 1.66. The van der Waals surface area contributed by atoms with Crippen LogP contribution in [0.5, 0.6) is 0 Å². The van der Waals surface area contributed by atoms with Gasteiger partial charge in [-0.25, -0.2) is 0 Å². The van der Waals surface area contributed by atoms with Crippen molar-refractivity contribution in [3.63, 3.8) is 0 Å². The first-order valence-electron chi connectivity index (χ1n) is 9.55. The van der Waals surface area contributed by atoms with Crippen LogP contribution in [0.3, 0.4) is 0 Å². The summed E-state index contributed by atoms with van der Waals surface area (Å²) in [4.78, 5) is 11.1. The minimum absolute atomic E-state index is 0.618. The number of hydrogen-bond donors (Lipinski definition) is 2. The average Bonchev–Trinajstić information content (AvgIpc) is 2.74. The van der Waals surface area contributed by atoms with Crippen molar-refractivity contribution < 1.29 is 0 Å². The van der Waals surface area contributed by atoms with E-state index in [4.69, 9.17) is 5.73 Å². The predicted octanol–water partition coefficient (Wildman–Crippen LogP) is 3.95. The van der Waals surface area contributed by atoms with Crippen molar-refractivity contribution in [1.29, 1.82) is 0 Å². The number of anilines is 1. The van der Waals surface area contributed by atoms with E-state index in [1.807, 2.05) is 55.0 Å². The normalized spacial score (nSPS) is 11.6. The van der Waals surface area contributed by atoms with Crippen LogP contribution in [0.25, 0.3) is 0 Å². The molecule has 0 atom stereocenters. The van der Waals surface area contributed by atoms with Gasteiger partial charge in [0.1, 0.15) is 0 Å². The van der Waals surface area contributed by atoms with Gasteiger partial charge in [-0.1, -0.05) is 31.2 Å². The van der Waals surface area contributed by atoms with Crippen LogP contribution in [0.15, 0.2) is 85.0 Å². The van der Waals surface area contributed by atoms with Gasteiger partial charge in [-0.05, 0) is 48.4 Å². The van der Waals surface area contributed by atoms with Crippen molar-refractivity contribution in [2.24, 2.45) is 5.73 Å². The molecule has 5 nitrogen and oxygen atoms in total. The summed E-state index contributed by atoms with van der Waals surface area (Å²) in [6.07, 6.45) is 6.53. The van der Waals surface area contributed by atoms with E-state index in [2.05, 4.69) is 51.4 Å². The molecular formula is C23H27N5. The van der Waals surface area contributed by atoms with E-state index in [1.54, 1.807) is 0 Å². The van der Waals surface area contributed by atoms with Crippen LogP contribution in [0, 0.1) is 0 Å². The Kier molecular flexibility index (Phi) is 7.15. The van der Waals surface area contributed by atoms with Crippen LogP contribution >= 0.6 is 0 Å². The topological polar surface area (TPSA) is 67.1 Å². The summed E-state index contributed by atoms with van der Waals surface area (Å²) in [6, 6.07) is 20.3. The maximum atomic E-state index is 6.30. The number of rotatable bonds is 9. The third-order valence-corrected chi connectivity index (χ3v) is 4.42. The Hall–Kier alpha value is -3.18. The quantitative estimate of drug-likeness (QED) is 0.594. The minimum atomic E-state index is 0.618. The third kappa shape index (κ3) is 6.21. The summed E-state index contributed by atoms with van der Waals surface area (Å²) in [7, 11) is 0. The zero-order valence-corrected chi connectivity index (χ0v) is 16.3. The highest BCUT2D eigenvalue weighted by molar-refractivity contribution is 5.47. The van der Waals surface area contributed by atoms with Crippen molar-refractivity contribution in [3.8, 4) is 0 Å². The Morgan fingerprint density at radius 2 is 1.54 bits per heavy atom. The summed E-state index contributed by atoms with van der Waals surface area (Å²) < 4.78 is 0.